The number of phenols is 1. The van der Waals surface area contributed by atoms with E-state index >= 15 is 4.39 Å². The standard InChI is InChI=1S/C32H34FNO4/c1-37-30-17-29(34-13-11-32(12-14-34)18-21(19-35)20-38-32)28(33)16-27(30)31-25(22-5-3-2-4-6-22)9-7-23-15-24(36)8-10-26(23)31/h2-6,8,10,15-17,19,21,25,31,36H,7,9,11-14,18,20H2,1H3/t21-,25+,31-/m0/s1. The summed E-state index contributed by atoms with van der Waals surface area (Å²) >= 11 is 0. The van der Waals surface area contributed by atoms with Gasteiger partial charge in [-0.2, -0.15) is 0 Å². The van der Waals surface area contributed by atoms with E-state index in [2.05, 4.69) is 17.0 Å². The minimum Gasteiger partial charge on any atom is -0.508 e. The molecule has 0 bridgehead atoms. The molecule has 3 aromatic rings. The number of ether oxygens (including phenoxy) is 2. The second-order valence-electron chi connectivity index (χ2n) is 11.0. The number of methoxy groups -OCH3 is 1. The van der Waals surface area contributed by atoms with Crippen molar-refractivity contribution in [3.8, 4) is 11.5 Å². The monoisotopic (exact) mass is 515 g/mol. The van der Waals surface area contributed by atoms with Crippen molar-refractivity contribution < 1.29 is 23.8 Å². The van der Waals surface area contributed by atoms with E-state index in [0.717, 1.165) is 55.1 Å². The minimum absolute atomic E-state index is 0.0319. The Bertz CT molecular complexity index is 1320. The third-order valence-corrected chi connectivity index (χ3v) is 8.90. The first-order valence-corrected chi connectivity index (χ1v) is 13.6. The molecule has 0 amide bonds. The molecule has 1 spiro atoms. The summed E-state index contributed by atoms with van der Waals surface area (Å²) in [6, 6.07) is 19.5. The first-order valence-electron chi connectivity index (χ1n) is 13.6. The zero-order valence-corrected chi connectivity index (χ0v) is 21.7. The summed E-state index contributed by atoms with van der Waals surface area (Å²) in [5.74, 6) is 0.696. The molecule has 0 aromatic heterocycles. The topological polar surface area (TPSA) is 59.0 Å². The Kier molecular flexibility index (Phi) is 6.60. The van der Waals surface area contributed by atoms with Crippen molar-refractivity contribution in [1.82, 2.24) is 0 Å². The molecule has 2 heterocycles. The number of benzene rings is 3. The largest absolute Gasteiger partial charge is 0.508 e. The molecule has 6 rings (SSSR count). The summed E-state index contributed by atoms with van der Waals surface area (Å²) in [5.41, 5.74) is 4.54. The first kappa shape index (κ1) is 24.9. The summed E-state index contributed by atoms with van der Waals surface area (Å²) in [6.07, 6.45) is 5.05. The number of anilines is 1. The molecule has 2 fully saturated rings. The third-order valence-electron chi connectivity index (χ3n) is 8.90. The van der Waals surface area contributed by atoms with Gasteiger partial charge in [-0.15, -0.1) is 0 Å². The smallest absolute Gasteiger partial charge is 0.147 e. The van der Waals surface area contributed by atoms with Gasteiger partial charge in [0, 0.05) is 36.6 Å². The molecule has 6 heteroatoms. The molecule has 0 unspecified atom stereocenters. The SMILES string of the molecule is COc1cc(N2CCC3(CC2)C[C@@H](C=O)CO3)c(F)cc1[C@@H]1c2ccc(O)cc2CC[C@@H]1c1ccccc1. The Balaban J connectivity index is 1.35. The van der Waals surface area contributed by atoms with Crippen LogP contribution in [0, 0.1) is 11.7 Å². The van der Waals surface area contributed by atoms with Crippen molar-refractivity contribution in [3.63, 3.8) is 0 Å². The van der Waals surface area contributed by atoms with Gasteiger partial charge in [-0.25, -0.2) is 4.39 Å². The molecule has 2 saturated heterocycles. The Labute approximate surface area is 223 Å². The van der Waals surface area contributed by atoms with Gasteiger partial charge in [-0.1, -0.05) is 36.4 Å². The van der Waals surface area contributed by atoms with Gasteiger partial charge in [0.1, 0.15) is 23.6 Å². The average Bonchev–Trinajstić information content (AvgIpc) is 3.35. The highest BCUT2D eigenvalue weighted by atomic mass is 19.1. The van der Waals surface area contributed by atoms with Crippen LogP contribution in [0.2, 0.25) is 0 Å². The van der Waals surface area contributed by atoms with Gasteiger partial charge in [0.15, 0.2) is 0 Å². The molecular weight excluding hydrogens is 481 g/mol. The Morgan fingerprint density at radius 2 is 1.87 bits per heavy atom. The van der Waals surface area contributed by atoms with Gasteiger partial charge < -0.3 is 24.3 Å². The summed E-state index contributed by atoms with van der Waals surface area (Å²) in [5, 5.41) is 10.1. The van der Waals surface area contributed by atoms with E-state index in [1.165, 1.54) is 5.56 Å². The average molecular weight is 516 g/mol. The number of hydrogen-bond donors (Lipinski definition) is 1. The van der Waals surface area contributed by atoms with Crippen LogP contribution in [0.15, 0.2) is 60.7 Å². The van der Waals surface area contributed by atoms with Crippen LogP contribution in [0.3, 0.4) is 0 Å². The molecule has 38 heavy (non-hydrogen) atoms. The van der Waals surface area contributed by atoms with Crippen LogP contribution in [0.5, 0.6) is 11.5 Å². The van der Waals surface area contributed by atoms with Gasteiger partial charge in [0.25, 0.3) is 0 Å². The molecule has 3 atom stereocenters. The predicted molar refractivity (Wildman–Crippen MR) is 145 cm³/mol. The van der Waals surface area contributed by atoms with Crippen molar-refractivity contribution in [1.29, 1.82) is 0 Å². The van der Waals surface area contributed by atoms with E-state index < -0.39 is 0 Å². The van der Waals surface area contributed by atoms with E-state index in [1.807, 2.05) is 36.4 Å². The number of carbonyl (C=O) groups is 1. The lowest BCUT2D eigenvalue weighted by Gasteiger charge is -2.40. The van der Waals surface area contributed by atoms with Crippen LogP contribution in [-0.2, 0) is 16.0 Å². The van der Waals surface area contributed by atoms with E-state index in [4.69, 9.17) is 9.47 Å². The van der Waals surface area contributed by atoms with Crippen molar-refractivity contribution in [2.75, 3.05) is 31.7 Å². The third kappa shape index (κ3) is 4.45. The van der Waals surface area contributed by atoms with Gasteiger partial charge in [-0.3, -0.25) is 0 Å². The van der Waals surface area contributed by atoms with E-state index in [0.29, 0.717) is 31.1 Å². The molecule has 2 aliphatic heterocycles. The molecule has 3 aliphatic rings. The Morgan fingerprint density at radius 1 is 1.08 bits per heavy atom. The molecule has 5 nitrogen and oxygen atoms in total. The fourth-order valence-corrected chi connectivity index (χ4v) is 6.94. The zero-order valence-electron chi connectivity index (χ0n) is 21.7. The van der Waals surface area contributed by atoms with Crippen LogP contribution in [0.1, 0.15) is 59.8 Å². The lowest BCUT2D eigenvalue weighted by Crippen LogP contribution is -2.44. The van der Waals surface area contributed by atoms with Gasteiger partial charge in [-0.05, 0) is 72.9 Å². The summed E-state index contributed by atoms with van der Waals surface area (Å²) in [4.78, 5) is 13.3. The Morgan fingerprint density at radius 3 is 2.58 bits per heavy atom. The minimum atomic E-state index is -0.261. The number of aryl methyl sites for hydroxylation is 1. The zero-order chi connectivity index (χ0) is 26.3. The maximum atomic E-state index is 15.9. The number of hydrogen-bond acceptors (Lipinski definition) is 5. The van der Waals surface area contributed by atoms with Crippen molar-refractivity contribution in [2.24, 2.45) is 5.92 Å². The van der Waals surface area contributed by atoms with E-state index in [9.17, 15) is 9.90 Å². The van der Waals surface area contributed by atoms with Crippen molar-refractivity contribution in [3.05, 3.63) is 88.7 Å². The van der Waals surface area contributed by atoms with E-state index in [-0.39, 0.29) is 34.9 Å². The highest BCUT2D eigenvalue weighted by Crippen LogP contribution is 2.50. The number of carbonyl (C=O) groups excluding carboxylic acids is 1. The molecule has 3 aromatic carbocycles. The predicted octanol–water partition coefficient (Wildman–Crippen LogP) is 5.98. The van der Waals surface area contributed by atoms with Gasteiger partial charge >= 0.3 is 0 Å². The van der Waals surface area contributed by atoms with Gasteiger partial charge in [0.2, 0.25) is 0 Å². The highest BCUT2D eigenvalue weighted by Gasteiger charge is 2.43. The van der Waals surface area contributed by atoms with Crippen molar-refractivity contribution in [2.45, 2.75) is 49.5 Å². The lowest BCUT2D eigenvalue weighted by atomic mass is 9.69. The molecular formula is C32H34FNO4. The fourth-order valence-electron chi connectivity index (χ4n) is 6.94. The summed E-state index contributed by atoms with van der Waals surface area (Å²) < 4.78 is 27.9. The van der Waals surface area contributed by atoms with Crippen molar-refractivity contribution >= 4 is 12.0 Å². The second-order valence-corrected chi connectivity index (χ2v) is 11.0. The van der Waals surface area contributed by atoms with E-state index in [1.54, 1.807) is 19.2 Å². The number of phenolic OH excluding ortho intramolecular Hbond substituents is 1. The van der Waals surface area contributed by atoms with Crippen LogP contribution >= 0.6 is 0 Å². The van der Waals surface area contributed by atoms with Crippen LogP contribution in [-0.4, -0.2) is 43.8 Å². The fraction of sp³-hybridized carbons (Fsp3) is 0.406. The number of piperidine rings is 1. The molecule has 0 radical (unpaired) electrons. The number of aromatic hydroxyl groups is 1. The Hall–Kier alpha value is -3.38. The molecule has 0 saturated carbocycles. The number of rotatable bonds is 5. The summed E-state index contributed by atoms with van der Waals surface area (Å²) in [7, 11) is 1.65. The maximum Gasteiger partial charge on any atom is 0.147 e. The summed E-state index contributed by atoms with van der Waals surface area (Å²) in [6.45, 7) is 1.83. The molecule has 198 valence electrons. The van der Waals surface area contributed by atoms with Crippen LogP contribution < -0.4 is 9.64 Å². The van der Waals surface area contributed by atoms with Crippen LogP contribution in [0.25, 0.3) is 0 Å². The number of nitrogens with zero attached hydrogens (tertiary/aromatic N) is 1. The number of halogens is 1. The van der Waals surface area contributed by atoms with Crippen LogP contribution in [0.4, 0.5) is 10.1 Å². The number of fused-ring (bicyclic) bond motifs is 1. The molecule has 1 aliphatic carbocycles. The quantitative estimate of drug-likeness (QED) is 0.424. The first-order chi connectivity index (χ1) is 18.5. The maximum absolute atomic E-state index is 15.9. The lowest BCUT2D eigenvalue weighted by molar-refractivity contribution is -0.111. The second kappa shape index (κ2) is 10.1. The highest BCUT2D eigenvalue weighted by molar-refractivity contribution is 5.60. The molecule has 1 N–H and O–H groups in total. The number of aldehydes is 1. The normalized spacial score (nSPS) is 24.3. The van der Waals surface area contributed by atoms with Gasteiger partial charge in [0.05, 0.1) is 25.0 Å².